The van der Waals surface area contributed by atoms with E-state index in [4.69, 9.17) is 15.0 Å². The van der Waals surface area contributed by atoms with Crippen molar-refractivity contribution in [2.24, 2.45) is 0 Å². The van der Waals surface area contributed by atoms with Crippen LogP contribution in [0.25, 0.3) is 34.2 Å². The lowest BCUT2D eigenvalue weighted by Crippen LogP contribution is -2.42. The van der Waals surface area contributed by atoms with E-state index in [1.807, 2.05) is 78.9 Å². The second-order valence-corrected chi connectivity index (χ2v) is 14.7. The van der Waals surface area contributed by atoms with E-state index in [9.17, 15) is 5.26 Å². The highest BCUT2D eigenvalue weighted by molar-refractivity contribution is 5.97. The van der Waals surface area contributed by atoms with Gasteiger partial charge in [0.1, 0.15) is 6.07 Å². The minimum absolute atomic E-state index is 0.498. The Labute approximate surface area is 342 Å². The van der Waals surface area contributed by atoms with Gasteiger partial charge >= 0.3 is 0 Å². The highest BCUT2D eigenvalue weighted by Gasteiger charge is 2.51. The first-order valence-electron chi connectivity index (χ1n) is 19.7. The van der Waals surface area contributed by atoms with Crippen LogP contribution in [0.4, 0.5) is 34.1 Å². The predicted molar refractivity (Wildman–Crippen MR) is 236 cm³/mol. The molecule has 276 valence electrons. The molecule has 0 saturated carbocycles. The van der Waals surface area contributed by atoms with Gasteiger partial charge in [-0.25, -0.2) is 15.0 Å². The van der Waals surface area contributed by atoms with Crippen LogP contribution >= 0.6 is 0 Å². The summed E-state index contributed by atoms with van der Waals surface area (Å²) in [6.07, 6.45) is 0. The molecule has 2 aliphatic heterocycles. The molecule has 0 unspecified atom stereocenters. The lowest BCUT2D eigenvalue weighted by Gasteiger charge is -2.51. The normalized spacial score (nSPS) is 13.1. The van der Waals surface area contributed by atoms with E-state index in [-0.39, 0.29) is 0 Å². The topological polar surface area (TPSA) is 68.9 Å². The number of hydrogen-bond donors (Lipinski definition) is 0. The molecule has 0 fully saturated rings. The van der Waals surface area contributed by atoms with Crippen LogP contribution in [0, 0.1) is 11.3 Å². The molecule has 1 spiro atoms. The molecule has 9 aromatic rings. The zero-order valence-corrected chi connectivity index (χ0v) is 31.8. The highest BCUT2D eigenvalue weighted by Crippen LogP contribution is 2.64. The van der Waals surface area contributed by atoms with Crippen molar-refractivity contribution < 1.29 is 0 Å². The van der Waals surface area contributed by atoms with Crippen molar-refractivity contribution in [1.29, 1.82) is 5.26 Å². The van der Waals surface area contributed by atoms with Crippen LogP contribution in [0.5, 0.6) is 0 Å². The number of fused-ring (bicyclic) bond motifs is 8. The smallest absolute Gasteiger partial charge is 0.164 e. The molecular formula is C53H34N6. The lowest BCUT2D eigenvalue weighted by atomic mass is 9.60. The first-order valence-corrected chi connectivity index (χ1v) is 19.7. The van der Waals surface area contributed by atoms with E-state index in [1.54, 1.807) is 0 Å². The lowest BCUT2D eigenvalue weighted by molar-refractivity contribution is 0.718. The molecule has 6 heteroatoms. The van der Waals surface area contributed by atoms with E-state index in [1.165, 1.54) is 11.1 Å². The molecule has 0 aliphatic carbocycles. The molecule has 0 atom stereocenters. The molecule has 0 radical (unpaired) electrons. The standard InChI is InChI=1S/C53H34N6/c54-35-39-34-38(52-56-50(36-18-4-1-5-19-36)55-51(57-52)37-20-6-2-7-21-37)32-33-45(39)59-48-30-16-12-26-43(48)53(44-27-13-17-31-49(44)59)41-24-10-14-28-46(41)58(40-22-8-3-9-23-40)47-29-15-11-25-42(47)53/h1-34H. The number of benzene rings is 8. The molecule has 59 heavy (non-hydrogen) atoms. The Hall–Kier alpha value is -8.14. The van der Waals surface area contributed by atoms with E-state index >= 15 is 0 Å². The van der Waals surface area contributed by atoms with Crippen LogP contribution in [0.2, 0.25) is 0 Å². The number of para-hydroxylation sites is 5. The van der Waals surface area contributed by atoms with Crippen molar-refractivity contribution in [2.75, 3.05) is 9.80 Å². The van der Waals surface area contributed by atoms with Crippen LogP contribution in [0.1, 0.15) is 27.8 Å². The summed E-state index contributed by atoms with van der Waals surface area (Å²) >= 11 is 0. The Balaban J connectivity index is 1.12. The van der Waals surface area contributed by atoms with Crippen LogP contribution in [-0.4, -0.2) is 15.0 Å². The maximum Gasteiger partial charge on any atom is 0.164 e. The Morgan fingerprint density at radius 1 is 0.356 bits per heavy atom. The molecule has 3 heterocycles. The minimum Gasteiger partial charge on any atom is -0.310 e. The fraction of sp³-hybridized carbons (Fsp3) is 0.0189. The van der Waals surface area contributed by atoms with Gasteiger partial charge in [0.2, 0.25) is 0 Å². The third kappa shape index (κ3) is 5.30. The number of nitrogens with zero attached hydrogens (tertiary/aromatic N) is 6. The number of rotatable bonds is 5. The van der Waals surface area contributed by atoms with Crippen molar-refractivity contribution in [3.63, 3.8) is 0 Å². The minimum atomic E-state index is -0.665. The average Bonchev–Trinajstić information content (AvgIpc) is 3.32. The fourth-order valence-electron chi connectivity index (χ4n) is 9.09. The third-order valence-electron chi connectivity index (χ3n) is 11.5. The van der Waals surface area contributed by atoms with Crippen molar-refractivity contribution in [3.05, 3.63) is 234 Å². The molecule has 0 N–H and O–H groups in total. The fourth-order valence-corrected chi connectivity index (χ4v) is 9.09. The maximum absolute atomic E-state index is 11.0. The van der Waals surface area contributed by atoms with Crippen molar-refractivity contribution in [3.8, 4) is 40.2 Å². The first kappa shape index (κ1) is 34.1. The summed E-state index contributed by atoms with van der Waals surface area (Å²) in [7, 11) is 0. The number of nitriles is 1. The van der Waals surface area contributed by atoms with Gasteiger partial charge in [0.05, 0.1) is 39.4 Å². The molecule has 0 amide bonds. The molecule has 0 bridgehead atoms. The number of aromatic nitrogens is 3. The van der Waals surface area contributed by atoms with Gasteiger partial charge in [0, 0.05) is 22.4 Å². The van der Waals surface area contributed by atoms with Gasteiger partial charge < -0.3 is 9.80 Å². The van der Waals surface area contributed by atoms with E-state index < -0.39 is 5.41 Å². The number of hydrogen-bond acceptors (Lipinski definition) is 6. The number of anilines is 6. The monoisotopic (exact) mass is 754 g/mol. The van der Waals surface area contributed by atoms with Gasteiger partial charge in [-0.2, -0.15) is 5.26 Å². The van der Waals surface area contributed by atoms with Gasteiger partial charge in [-0.05, 0) is 76.9 Å². The predicted octanol–water partition coefficient (Wildman–Crippen LogP) is 12.7. The Bertz CT molecular complexity index is 2930. The van der Waals surface area contributed by atoms with Crippen molar-refractivity contribution >= 4 is 34.1 Å². The summed E-state index contributed by atoms with van der Waals surface area (Å²) in [5.74, 6) is 1.64. The van der Waals surface area contributed by atoms with E-state index in [2.05, 4.69) is 143 Å². The van der Waals surface area contributed by atoms with Gasteiger partial charge in [0.25, 0.3) is 0 Å². The molecule has 2 aliphatic rings. The highest BCUT2D eigenvalue weighted by atomic mass is 15.2. The quantitative estimate of drug-likeness (QED) is 0.174. The zero-order chi connectivity index (χ0) is 39.3. The van der Waals surface area contributed by atoms with Crippen LogP contribution in [-0.2, 0) is 5.41 Å². The summed E-state index contributed by atoms with van der Waals surface area (Å²) in [5.41, 5.74) is 13.1. The van der Waals surface area contributed by atoms with Crippen molar-refractivity contribution in [1.82, 2.24) is 15.0 Å². The third-order valence-corrected chi connectivity index (χ3v) is 11.5. The molecule has 6 nitrogen and oxygen atoms in total. The summed E-state index contributed by atoms with van der Waals surface area (Å²) in [5, 5.41) is 11.0. The van der Waals surface area contributed by atoms with Crippen molar-refractivity contribution in [2.45, 2.75) is 5.41 Å². The molecular weight excluding hydrogens is 721 g/mol. The van der Waals surface area contributed by atoms with Gasteiger partial charge in [0.15, 0.2) is 17.5 Å². The largest absolute Gasteiger partial charge is 0.310 e. The molecule has 8 aromatic carbocycles. The van der Waals surface area contributed by atoms with Crippen LogP contribution < -0.4 is 9.80 Å². The average molecular weight is 755 g/mol. The zero-order valence-electron chi connectivity index (χ0n) is 31.8. The molecule has 0 saturated heterocycles. The van der Waals surface area contributed by atoms with E-state index in [0.717, 1.165) is 61.9 Å². The SMILES string of the molecule is N#Cc1cc(-c2nc(-c3ccccc3)nc(-c3ccccc3)n2)ccc1N1c2ccccc2C2(c3ccccc3N(c3ccccc3)c3ccccc32)c2ccccc21. The summed E-state index contributed by atoms with van der Waals surface area (Å²) in [4.78, 5) is 19.5. The summed E-state index contributed by atoms with van der Waals surface area (Å²) in [6, 6.07) is 73.9. The van der Waals surface area contributed by atoms with Gasteiger partial charge in [-0.3, -0.25) is 0 Å². The Morgan fingerprint density at radius 3 is 1.17 bits per heavy atom. The maximum atomic E-state index is 11.0. The summed E-state index contributed by atoms with van der Waals surface area (Å²) < 4.78 is 0. The van der Waals surface area contributed by atoms with Gasteiger partial charge in [-0.1, -0.05) is 152 Å². The summed E-state index contributed by atoms with van der Waals surface area (Å²) in [6.45, 7) is 0. The Kier molecular flexibility index (Phi) is 7.99. The van der Waals surface area contributed by atoms with E-state index in [0.29, 0.717) is 23.0 Å². The molecule has 1 aromatic heterocycles. The first-order chi connectivity index (χ1) is 29.2. The second kappa shape index (κ2) is 13.8. The van der Waals surface area contributed by atoms with Crippen LogP contribution in [0.3, 0.4) is 0 Å². The Morgan fingerprint density at radius 2 is 0.729 bits per heavy atom. The van der Waals surface area contributed by atoms with Gasteiger partial charge in [-0.15, -0.1) is 0 Å². The second-order valence-electron chi connectivity index (χ2n) is 14.7. The van der Waals surface area contributed by atoms with Crippen LogP contribution in [0.15, 0.2) is 206 Å². The molecule has 11 rings (SSSR count).